The van der Waals surface area contributed by atoms with E-state index in [1.54, 1.807) is 0 Å². The standard InChI is InChI=1S/C16H15Cl3N2O4S2/c17-12-1-4-14(5-2-12)26(22,23)20-7-9-21(10-8-20)27(24,25)16-6-3-13(18)11-15(16)19/h1-6,11H,7-10H2. The van der Waals surface area contributed by atoms with Crippen molar-refractivity contribution in [2.45, 2.75) is 9.79 Å². The van der Waals surface area contributed by atoms with Crippen LogP contribution < -0.4 is 0 Å². The topological polar surface area (TPSA) is 74.8 Å². The summed E-state index contributed by atoms with van der Waals surface area (Å²) >= 11 is 17.6. The highest BCUT2D eigenvalue weighted by Crippen LogP contribution is 2.29. The third-order valence-corrected chi connectivity index (χ3v) is 8.94. The Morgan fingerprint density at radius 1 is 0.667 bits per heavy atom. The molecule has 0 radical (unpaired) electrons. The van der Waals surface area contributed by atoms with Crippen molar-refractivity contribution in [3.63, 3.8) is 0 Å². The highest BCUT2D eigenvalue weighted by molar-refractivity contribution is 7.89. The molecular formula is C16H15Cl3N2O4S2. The lowest BCUT2D eigenvalue weighted by molar-refractivity contribution is 0.273. The monoisotopic (exact) mass is 468 g/mol. The Balaban J connectivity index is 1.77. The molecule has 2 aromatic rings. The highest BCUT2D eigenvalue weighted by atomic mass is 35.5. The Bertz CT molecular complexity index is 1050. The molecule has 0 aliphatic carbocycles. The van der Waals surface area contributed by atoms with Crippen LogP contribution in [0.1, 0.15) is 0 Å². The van der Waals surface area contributed by atoms with Crippen LogP contribution in [0.3, 0.4) is 0 Å². The van der Waals surface area contributed by atoms with Gasteiger partial charge in [-0.1, -0.05) is 34.8 Å². The lowest BCUT2D eigenvalue weighted by Gasteiger charge is -2.33. The first kappa shape index (κ1) is 20.9. The van der Waals surface area contributed by atoms with Gasteiger partial charge in [-0.25, -0.2) is 16.8 Å². The molecule has 27 heavy (non-hydrogen) atoms. The van der Waals surface area contributed by atoms with Gasteiger partial charge in [0.05, 0.1) is 9.92 Å². The van der Waals surface area contributed by atoms with Crippen molar-refractivity contribution in [1.82, 2.24) is 8.61 Å². The molecule has 146 valence electrons. The number of hydrogen-bond acceptors (Lipinski definition) is 4. The number of rotatable bonds is 4. The molecule has 1 heterocycles. The van der Waals surface area contributed by atoms with E-state index < -0.39 is 20.0 Å². The van der Waals surface area contributed by atoms with Crippen molar-refractivity contribution in [2.75, 3.05) is 26.2 Å². The van der Waals surface area contributed by atoms with Gasteiger partial charge >= 0.3 is 0 Å². The van der Waals surface area contributed by atoms with Gasteiger partial charge in [-0.2, -0.15) is 8.61 Å². The first-order valence-electron chi connectivity index (χ1n) is 7.83. The molecule has 0 atom stereocenters. The van der Waals surface area contributed by atoms with E-state index in [2.05, 4.69) is 0 Å². The van der Waals surface area contributed by atoms with Gasteiger partial charge in [-0.15, -0.1) is 0 Å². The van der Waals surface area contributed by atoms with Gasteiger partial charge in [0, 0.05) is 36.2 Å². The third kappa shape index (κ3) is 4.27. The van der Waals surface area contributed by atoms with Gasteiger partial charge in [-0.3, -0.25) is 0 Å². The van der Waals surface area contributed by atoms with Gasteiger partial charge in [0.25, 0.3) is 0 Å². The Labute approximate surface area is 173 Å². The van der Waals surface area contributed by atoms with Crippen LogP contribution in [0.5, 0.6) is 0 Å². The molecular weight excluding hydrogens is 455 g/mol. The number of nitrogens with zero attached hydrogens (tertiary/aromatic N) is 2. The van der Waals surface area contributed by atoms with E-state index in [1.165, 1.54) is 51.1 Å². The maximum Gasteiger partial charge on any atom is 0.244 e. The quantitative estimate of drug-likeness (QED) is 0.688. The van der Waals surface area contributed by atoms with Crippen molar-refractivity contribution in [3.05, 3.63) is 57.5 Å². The molecule has 0 unspecified atom stereocenters. The maximum atomic E-state index is 12.8. The fourth-order valence-corrected chi connectivity index (χ4v) is 6.45. The van der Waals surface area contributed by atoms with Crippen molar-refractivity contribution < 1.29 is 16.8 Å². The Hall–Kier alpha value is -0.870. The molecule has 6 nitrogen and oxygen atoms in total. The van der Waals surface area contributed by atoms with Crippen LogP contribution in [-0.4, -0.2) is 51.6 Å². The van der Waals surface area contributed by atoms with Crippen molar-refractivity contribution in [3.8, 4) is 0 Å². The summed E-state index contributed by atoms with van der Waals surface area (Å²) in [5, 5.41) is 0.793. The molecule has 0 spiro atoms. The minimum Gasteiger partial charge on any atom is -0.207 e. The van der Waals surface area contributed by atoms with Gasteiger partial charge in [-0.05, 0) is 42.5 Å². The minimum absolute atomic E-state index is 0.0219. The smallest absolute Gasteiger partial charge is 0.207 e. The highest BCUT2D eigenvalue weighted by Gasteiger charge is 2.34. The first-order chi connectivity index (χ1) is 12.6. The molecule has 1 aliphatic rings. The summed E-state index contributed by atoms with van der Waals surface area (Å²) < 4.78 is 53.5. The summed E-state index contributed by atoms with van der Waals surface area (Å²) in [6.45, 7) is 0.118. The largest absolute Gasteiger partial charge is 0.244 e. The lowest BCUT2D eigenvalue weighted by atomic mass is 10.4. The summed E-state index contributed by atoms with van der Waals surface area (Å²) in [6, 6.07) is 9.99. The second-order valence-electron chi connectivity index (χ2n) is 5.84. The Morgan fingerprint density at radius 3 is 1.67 bits per heavy atom. The van der Waals surface area contributed by atoms with Crippen LogP contribution in [0.2, 0.25) is 15.1 Å². The van der Waals surface area contributed by atoms with Crippen LogP contribution >= 0.6 is 34.8 Å². The first-order valence-corrected chi connectivity index (χ1v) is 11.8. The van der Waals surface area contributed by atoms with Crippen LogP contribution in [0.25, 0.3) is 0 Å². The summed E-state index contributed by atoms with van der Waals surface area (Å²) in [5.74, 6) is 0. The van der Waals surface area contributed by atoms with Crippen molar-refractivity contribution >= 4 is 54.8 Å². The number of piperazine rings is 1. The molecule has 11 heteroatoms. The predicted molar refractivity (Wildman–Crippen MR) is 105 cm³/mol. The second-order valence-corrected chi connectivity index (χ2v) is 11.0. The SMILES string of the molecule is O=S(=O)(c1ccc(Cl)cc1)N1CCN(S(=O)(=O)c2ccc(Cl)cc2Cl)CC1. The average Bonchev–Trinajstić information content (AvgIpc) is 2.62. The number of halogens is 3. The van der Waals surface area contributed by atoms with E-state index in [4.69, 9.17) is 34.8 Å². The zero-order valence-corrected chi connectivity index (χ0v) is 17.7. The van der Waals surface area contributed by atoms with Gasteiger partial charge in [0.15, 0.2) is 0 Å². The number of benzene rings is 2. The fraction of sp³-hybridized carbons (Fsp3) is 0.250. The normalized spacial score (nSPS) is 17.1. The average molecular weight is 470 g/mol. The molecule has 2 aromatic carbocycles. The molecule has 1 fully saturated rings. The van der Waals surface area contributed by atoms with E-state index in [9.17, 15) is 16.8 Å². The summed E-state index contributed by atoms with van der Waals surface area (Å²) in [7, 11) is -7.56. The molecule has 0 amide bonds. The molecule has 3 rings (SSSR count). The van der Waals surface area contributed by atoms with Crippen molar-refractivity contribution in [2.24, 2.45) is 0 Å². The number of sulfonamides is 2. The molecule has 0 bridgehead atoms. The molecule has 0 N–H and O–H groups in total. The Kier molecular flexibility index (Phi) is 6.08. The molecule has 0 aromatic heterocycles. The van der Waals surface area contributed by atoms with Crippen LogP contribution in [0.4, 0.5) is 0 Å². The van der Waals surface area contributed by atoms with E-state index in [0.717, 1.165) is 0 Å². The van der Waals surface area contributed by atoms with Crippen LogP contribution in [-0.2, 0) is 20.0 Å². The van der Waals surface area contributed by atoms with Crippen LogP contribution in [0.15, 0.2) is 52.3 Å². The molecule has 1 aliphatic heterocycles. The van der Waals surface area contributed by atoms with E-state index in [0.29, 0.717) is 10.0 Å². The zero-order chi connectivity index (χ0) is 19.8. The maximum absolute atomic E-state index is 12.8. The van der Waals surface area contributed by atoms with Crippen molar-refractivity contribution in [1.29, 1.82) is 0 Å². The van der Waals surface area contributed by atoms with Gasteiger partial charge in [0.2, 0.25) is 20.0 Å². The molecule has 1 saturated heterocycles. The summed E-state index contributed by atoms with van der Waals surface area (Å²) in [5.41, 5.74) is 0. The predicted octanol–water partition coefficient (Wildman–Crippen LogP) is 3.34. The second kappa shape index (κ2) is 7.87. The van der Waals surface area contributed by atoms with E-state index in [-0.39, 0.29) is 41.0 Å². The Morgan fingerprint density at radius 2 is 1.15 bits per heavy atom. The van der Waals surface area contributed by atoms with Gasteiger partial charge in [0.1, 0.15) is 4.90 Å². The van der Waals surface area contributed by atoms with Gasteiger partial charge < -0.3 is 0 Å². The minimum atomic E-state index is -3.84. The zero-order valence-electron chi connectivity index (χ0n) is 13.8. The van der Waals surface area contributed by atoms with E-state index >= 15 is 0 Å². The fourth-order valence-electron chi connectivity index (χ4n) is 2.73. The number of hydrogen-bond donors (Lipinski definition) is 0. The summed E-state index contributed by atoms with van der Waals surface area (Å²) in [4.78, 5) is 0.0616. The van der Waals surface area contributed by atoms with E-state index in [1.807, 2.05) is 0 Å². The lowest BCUT2D eigenvalue weighted by Crippen LogP contribution is -2.50. The summed E-state index contributed by atoms with van der Waals surface area (Å²) in [6.07, 6.45) is 0. The van der Waals surface area contributed by atoms with Crippen LogP contribution in [0, 0.1) is 0 Å². The molecule has 0 saturated carbocycles. The third-order valence-electron chi connectivity index (χ3n) is 4.16.